The molecule has 1 heterocycles. The van der Waals surface area contributed by atoms with Gasteiger partial charge in [0.2, 0.25) is 0 Å². The van der Waals surface area contributed by atoms with Gasteiger partial charge in [-0.15, -0.1) is 0 Å². The Hall–Kier alpha value is -1.20. The zero-order chi connectivity index (χ0) is 11.0. The second-order valence-electron chi connectivity index (χ2n) is 3.40. The van der Waals surface area contributed by atoms with Crippen LogP contribution in [0.4, 0.5) is 0 Å². The molecule has 1 atom stereocenters. The third-order valence-electron chi connectivity index (χ3n) is 2.12. The summed E-state index contributed by atoms with van der Waals surface area (Å²) >= 11 is 3.31. The number of aromatic amines is 1. The average Bonchev–Trinajstić information content (AvgIpc) is 2.18. The molecule has 15 heavy (non-hydrogen) atoms. The van der Waals surface area contributed by atoms with Crippen LogP contribution in [0.5, 0.6) is 0 Å². The summed E-state index contributed by atoms with van der Waals surface area (Å²) in [6.45, 7) is 1.78. The lowest BCUT2D eigenvalue weighted by atomic mass is 10.2. The molecule has 3 N–H and O–H groups in total. The topological polar surface area (TPSA) is 71.8 Å². The van der Waals surface area contributed by atoms with E-state index in [4.69, 9.17) is 5.73 Å². The van der Waals surface area contributed by atoms with E-state index >= 15 is 0 Å². The second kappa shape index (κ2) is 3.75. The number of rotatable bonds is 1. The van der Waals surface area contributed by atoms with Crippen molar-refractivity contribution in [3.63, 3.8) is 0 Å². The van der Waals surface area contributed by atoms with Gasteiger partial charge in [-0.1, -0.05) is 15.9 Å². The van der Waals surface area contributed by atoms with E-state index < -0.39 is 0 Å². The van der Waals surface area contributed by atoms with Crippen LogP contribution in [0, 0.1) is 0 Å². The first-order chi connectivity index (χ1) is 7.08. The summed E-state index contributed by atoms with van der Waals surface area (Å²) in [5, 5.41) is 0.564. The van der Waals surface area contributed by atoms with Crippen LogP contribution in [-0.2, 0) is 0 Å². The quantitative estimate of drug-likeness (QED) is 0.826. The van der Waals surface area contributed by atoms with Gasteiger partial charge in [0.15, 0.2) is 0 Å². The molecule has 0 amide bonds. The van der Waals surface area contributed by atoms with Crippen molar-refractivity contribution in [2.45, 2.75) is 13.0 Å². The van der Waals surface area contributed by atoms with E-state index in [0.717, 1.165) is 4.47 Å². The Balaban J connectivity index is 2.79. The number of fused-ring (bicyclic) bond motifs is 1. The maximum absolute atomic E-state index is 11.7. The molecule has 2 aromatic rings. The maximum Gasteiger partial charge on any atom is 0.258 e. The molecule has 2 rings (SSSR count). The van der Waals surface area contributed by atoms with Gasteiger partial charge in [0.25, 0.3) is 5.56 Å². The minimum atomic E-state index is -0.272. The normalized spacial score (nSPS) is 13.0. The van der Waals surface area contributed by atoms with Crippen molar-refractivity contribution in [3.8, 4) is 0 Å². The number of H-pyrrole nitrogens is 1. The van der Waals surface area contributed by atoms with Crippen molar-refractivity contribution in [2.24, 2.45) is 5.73 Å². The van der Waals surface area contributed by atoms with E-state index in [1.165, 1.54) is 0 Å². The van der Waals surface area contributed by atoms with Gasteiger partial charge < -0.3 is 10.7 Å². The van der Waals surface area contributed by atoms with Crippen molar-refractivity contribution >= 4 is 26.8 Å². The fourth-order valence-corrected chi connectivity index (χ4v) is 1.71. The second-order valence-corrected chi connectivity index (χ2v) is 4.32. The highest BCUT2D eigenvalue weighted by molar-refractivity contribution is 9.10. The predicted octanol–water partition coefficient (Wildman–Crippen LogP) is 1.71. The molecule has 0 saturated heterocycles. The van der Waals surface area contributed by atoms with Gasteiger partial charge in [0.1, 0.15) is 5.82 Å². The zero-order valence-electron chi connectivity index (χ0n) is 8.12. The van der Waals surface area contributed by atoms with Crippen molar-refractivity contribution in [2.75, 3.05) is 0 Å². The smallest absolute Gasteiger partial charge is 0.258 e. The first kappa shape index (κ1) is 10.3. The molecule has 1 aromatic heterocycles. The number of aromatic nitrogens is 2. The molecule has 0 aliphatic rings. The van der Waals surface area contributed by atoms with Crippen LogP contribution in [0.25, 0.3) is 10.9 Å². The van der Waals surface area contributed by atoms with Gasteiger partial charge >= 0.3 is 0 Å². The largest absolute Gasteiger partial charge is 0.322 e. The van der Waals surface area contributed by atoms with Crippen LogP contribution in [0.15, 0.2) is 27.5 Å². The van der Waals surface area contributed by atoms with Crippen LogP contribution in [0.1, 0.15) is 18.8 Å². The van der Waals surface area contributed by atoms with Gasteiger partial charge in [0.05, 0.1) is 16.9 Å². The van der Waals surface area contributed by atoms with Crippen molar-refractivity contribution < 1.29 is 0 Å². The minimum Gasteiger partial charge on any atom is -0.322 e. The first-order valence-electron chi connectivity index (χ1n) is 4.53. The summed E-state index contributed by atoms with van der Waals surface area (Å²) < 4.78 is 0.857. The number of halogens is 1. The number of hydrogen-bond donors (Lipinski definition) is 2. The van der Waals surface area contributed by atoms with Crippen molar-refractivity contribution in [1.82, 2.24) is 9.97 Å². The molecule has 1 unspecified atom stereocenters. The van der Waals surface area contributed by atoms with Gasteiger partial charge in [-0.25, -0.2) is 4.98 Å². The molecule has 0 saturated carbocycles. The summed E-state index contributed by atoms with van der Waals surface area (Å²) in [6, 6.07) is 5.11. The molecule has 1 aromatic carbocycles. The van der Waals surface area contributed by atoms with Gasteiger partial charge in [-0.3, -0.25) is 4.79 Å². The zero-order valence-corrected chi connectivity index (χ0v) is 9.71. The lowest BCUT2D eigenvalue weighted by Gasteiger charge is -2.05. The highest BCUT2D eigenvalue weighted by Crippen LogP contribution is 2.15. The Morgan fingerprint density at radius 2 is 2.27 bits per heavy atom. The average molecular weight is 268 g/mol. The fraction of sp³-hybridized carbons (Fsp3) is 0.200. The van der Waals surface area contributed by atoms with Gasteiger partial charge in [-0.05, 0) is 25.1 Å². The molecule has 0 aliphatic heterocycles. The summed E-state index contributed by atoms with van der Waals surface area (Å²) in [5.74, 6) is 0.509. The van der Waals surface area contributed by atoms with E-state index in [2.05, 4.69) is 25.9 Å². The molecule has 0 radical (unpaired) electrons. The van der Waals surface area contributed by atoms with Gasteiger partial charge in [-0.2, -0.15) is 0 Å². The molecule has 4 nitrogen and oxygen atoms in total. The summed E-state index contributed by atoms with van der Waals surface area (Å²) in [6.07, 6.45) is 0. The molecular formula is C10H10BrN3O. The van der Waals surface area contributed by atoms with Crippen LogP contribution >= 0.6 is 15.9 Å². The number of nitrogens with zero attached hydrogens (tertiary/aromatic N) is 1. The minimum absolute atomic E-state index is 0.159. The first-order valence-corrected chi connectivity index (χ1v) is 5.32. The van der Waals surface area contributed by atoms with Crippen molar-refractivity contribution in [1.29, 1.82) is 0 Å². The number of nitrogens with two attached hydrogens (primary N) is 1. The van der Waals surface area contributed by atoms with E-state index in [0.29, 0.717) is 16.7 Å². The molecular weight excluding hydrogens is 258 g/mol. The fourth-order valence-electron chi connectivity index (χ4n) is 1.34. The van der Waals surface area contributed by atoms with Crippen LogP contribution in [0.3, 0.4) is 0 Å². The van der Waals surface area contributed by atoms with E-state index in [1.54, 1.807) is 19.1 Å². The lowest BCUT2D eigenvalue weighted by molar-refractivity contribution is 0.741. The lowest BCUT2D eigenvalue weighted by Crippen LogP contribution is -2.17. The summed E-state index contributed by atoms with van der Waals surface area (Å²) in [5.41, 5.74) is 6.16. The maximum atomic E-state index is 11.7. The summed E-state index contributed by atoms with van der Waals surface area (Å²) in [7, 11) is 0. The Bertz CT molecular complexity index is 562. The Labute approximate surface area is 94.7 Å². The van der Waals surface area contributed by atoms with Crippen LogP contribution in [0.2, 0.25) is 0 Å². The third kappa shape index (κ3) is 1.93. The molecule has 5 heteroatoms. The molecule has 0 aliphatic carbocycles. The van der Waals surface area contributed by atoms with E-state index in [1.807, 2.05) is 6.07 Å². The highest BCUT2D eigenvalue weighted by atomic mass is 79.9. The highest BCUT2D eigenvalue weighted by Gasteiger charge is 2.06. The van der Waals surface area contributed by atoms with Crippen molar-refractivity contribution in [3.05, 3.63) is 38.9 Å². The number of nitrogens with one attached hydrogen (secondary N) is 1. The summed E-state index contributed by atoms with van der Waals surface area (Å²) in [4.78, 5) is 18.6. The standard InChI is InChI=1S/C10H10BrN3O/c1-5(12)9-13-8-3-2-6(11)4-7(8)10(15)14-9/h2-5H,12H2,1H3,(H,13,14,15). The molecule has 0 spiro atoms. The Morgan fingerprint density at radius 3 is 2.93 bits per heavy atom. The SMILES string of the molecule is CC(N)c1nc2ccc(Br)cc2c(=O)[nH]1. The van der Waals surface area contributed by atoms with Gasteiger partial charge in [0, 0.05) is 4.47 Å². The molecule has 0 fully saturated rings. The number of benzene rings is 1. The Morgan fingerprint density at radius 1 is 1.53 bits per heavy atom. The Kier molecular flexibility index (Phi) is 2.58. The molecule has 0 bridgehead atoms. The van der Waals surface area contributed by atoms with Crippen LogP contribution in [-0.4, -0.2) is 9.97 Å². The third-order valence-corrected chi connectivity index (χ3v) is 2.61. The molecule has 78 valence electrons. The van der Waals surface area contributed by atoms with Crippen LogP contribution < -0.4 is 11.3 Å². The van der Waals surface area contributed by atoms with E-state index in [-0.39, 0.29) is 11.6 Å². The monoisotopic (exact) mass is 267 g/mol. The number of hydrogen-bond acceptors (Lipinski definition) is 3. The predicted molar refractivity (Wildman–Crippen MR) is 62.7 cm³/mol. The van der Waals surface area contributed by atoms with E-state index in [9.17, 15) is 4.79 Å².